The first-order chi connectivity index (χ1) is 18.9. The van der Waals surface area contributed by atoms with Crippen molar-refractivity contribution in [1.29, 1.82) is 0 Å². The molecule has 0 aromatic heterocycles. The molecule has 3 aromatic rings. The van der Waals surface area contributed by atoms with E-state index in [1.54, 1.807) is 18.2 Å². The van der Waals surface area contributed by atoms with Crippen molar-refractivity contribution in [2.24, 2.45) is 5.10 Å². The van der Waals surface area contributed by atoms with Gasteiger partial charge in [0.25, 0.3) is 5.24 Å². The van der Waals surface area contributed by atoms with Crippen molar-refractivity contribution in [2.45, 2.75) is 30.4 Å². The first-order valence-electron chi connectivity index (χ1n) is 12.2. The van der Waals surface area contributed by atoms with Gasteiger partial charge in [0, 0.05) is 22.0 Å². The van der Waals surface area contributed by atoms with Crippen LogP contribution in [-0.2, 0) is 9.59 Å². The molecule has 3 aliphatic rings. The van der Waals surface area contributed by atoms with E-state index >= 15 is 0 Å². The number of hydrogen-bond acceptors (Lipinski definition) is 9. The molecule has 6 rings (SSSR count). The number of amides is 2. The van der Waals surface area contributed by atoms with E-state index in [2.05, 4.69) is 27.3 Å². The summed E-state index contributed by atoms with van der Waals surface area (Å²) in [5.74, 6) is 0.154. The van der Waals surface area contributed by atoms with Crippen LogP contribution in [0.3, 0.4) is 0 Å². The Morgan fingerprint density at radius 2 is 1.95 bits per heavy atom. The number of hydrazone groups is 1. The number of fused-ring (bicyclic) bond motifs is 3. The highest BCUT2D eigenvalue weighted by molar-refractivity contribution is 9.10. The molecule has 2 amide bonds. The van der Waals surface area contributed by atoms with Gasteiger partial charge in [-0.15, -0.1) is 0 Å². The van der Waals surface area contributed by atoms with Crippen LogP contribution in [0, 0.1) is 0 Å². The van der Waals surface area contributed by atoms with Crippen LogP contribution in [0.1, 0.15) is 41.8 Å². The van der Waals surface area contributed by atoms with Crippen LogP contribution >= 0.6 is 27.7 Å². The summed E-state index contributed by atoms with van der Waals surface area (Å²) in [5.41, 5.74) is 3.82. The van der Waals surface area contributed by atoms with Gasteiger partial charge in [0.05, 0.1) is 25.3 Å². The van der Waals surface area contributed by atoms with E-state index in [0.717, 1.165) is 50.8 Å². The zero-order valence-electron chi connectivity index (χ0n) is 20.6. The minimum atomic E-state index is -0.810. The van der Waals surface area contributed by atoms with Crippen molar-refractivity contribution >= 4 is 50.5 Å². The van der Waals surface area contributed by atoms with Gasteiger partial charge in [-0.3, -0.25) is 19.7 Å². The number of imide groups is 1. The normalized spacial score (nSPS) is 21.4. The van der Waals surface area contributed by atoms with Crippen molar-refractivity contribution < 1.29 is 28.6 Å². The van der Waals surface area contributed by atoms with E-state index in [1.165, 1.54) is 7.11 Å². The topological polar surface area (TPSA) is 107 Å². The lowest BCUT2D eigenvalue weighted by Gasteiger charge is -2.38. The number of benzene rings is 3. The molecule has 3 unspecified atom stereocenters. The molecule has 39 heavy (non-hydrogen) atoms. The number of esters is 1. The lowest BCUT2D eigenvalue weighted by atomic mass is 9.96. The van der Waals surface area contributed by atoms with Crippen LogP contribution < -0.4 is 19.5 Å². The fourth-order valence-corrected chi connectivity index (χ4v) is 6.03. The van der Waals surface area contributed by atoms with Gasteiger partial charge in [-0.1, -0.05) is 58.0 Å². The fraction of sp³-hybridized carbons (Fsp3) is 0.214. The Morgan fingerprint density at radius 1 is 1.13 bits per heavy atom. The molecule has 3 heterocycles. The summed E-state index contributed by atoms with van der Waals surface area (Å²) in [6, 6.07) is 21.2. The monoisotopic (exact) mass is 607 g/mol. The number of ether oxygens (including phenoxy) is 3. The molecule has 3 aliphatic heterocycles. The van der Waals surface area contributed by atoms with Gasteiger partial charge in [0.1, 0.15) is 11.0 Å². The van der Waals surface area contributed by atoms with Crippen LogP contribution in [0.15, 0.2) is 76.3 Å². The Labute approximate surface area is 236 Å². The van der Waals surface area contributed by atoms with Crippen LogP contribution in [0.4, 0.5) is 4.79 Å². The molecule has 0 aliphatic carbocycles. The van der Waals surface area contributed by atoms with Gasteiger partial charge in [-0.05, 0) is 42.0 Å². The maximum Gasteiger partial charge on any atom is 0.312 e. The number of thioether (sulfide) groups is 1. The molecular formula is C28H22BrN3O6S. The third kappa shape index (κ3) is 4.99. The molecule has 3 atom stereocenters. The van der Waals surface area contributed by atoms with Crippen LogP contribution in [0.25, 0.3) is 0 Å². The number of nitrogens with zero attached hydrogens (tertiary/aromatic N) is 2. The van der Waals surface area contributed by atoms with E-state index in [0.29, 0.717) is 5.75 Å². The number of halogens is 1. The lowest BCUT2D eigenvalue weighted by Crippen LogP contribution is -2.33. The maximum absolute atomic E-state index is 12.5. The van der Waals surface area contributed by atoms with E-state index < -0.39 is 28.6 Å². The summed E-state index contributed by atoms with van der Waals surface area (Å²) < 4.78 is 18.5. The smallest absolute Gasteiger partial charge is 0.312 e. The number of methoxy groups -OCH3 is 1. The summed E-state index contributed by atoms with van der Waals surface area (Å²) in [4.78, 5) is 35.7. The van der Waals surface area contributed by atoms with Crippen LogP contribution in [0.5, 0.6) is 17.2 Å². The van der Waals surface area contributed by atoms with Gasteiger partial charge in [-0.25, -0.2) is 5.01 Å². The molecule has 1 fully saturated rings. The Kier molecular flexibility index (Phi) is 6.78. The highest BCUT2D eigenvalue weighted by atomic mass is 79.9. The SMILES string of the molecule is COc1cc(C2Oc3ccc(Br)cc3C3CC(c4ccccc4)=NN32)ccc1OC(=O)CC1SC(=O)NC1=O. The molecule has 9 nitrogen and oxygen atoms in total. The van der Waals surface area contributed by atoms with Crippen molar-refractivity contribution in [3.05, 3.63) is 87.9 Å². The van der Waals surface area contributed by atoms with Gasteiger partial charge in [-0.2, -0.15) is 5.10 Å². The predicted molar refractivity (Wildman–Crippen MR) is 148 cm³/mol. The summed E-state index contributed by atoms with van der Waals surface area (Å²) in [5, 5.41) is 7.82. The van der Waals surface area contributed by atoms with Crippen molar-refractivity contribution in [1.82, 2.24) is 10.3 Å². The summed E-state index contributed by atoms with van der Waals surface area (Å²) in [7, 11) is 1.48. The number of nitrogens with one attached hydrogen (secondary N) is 1. The van der Waals surface area contributed by atoms with Crippen LogP contribution in [0.2, 0.25) is 0 Å². The Morgan fingerprint density at radius 3 is 2.69 bits per heavy atom. The second-order valence-electron chi connectivity index (χ2n) is 9.14. The second kappa shape index (κ2) is 10.4. The molecular weight excluding hydrogens is 586 g/mol. The molecule has 0 bridgehead atoms. The van der Waals surface area contributed by atoms with Crippen LogP contribution in [-0.4, -0.2) is 40.2 Å². The summed E-state index contributed by atoms with van der Waals surface area (Å²) >= 11 is 4.36. The molecule has 3 aromatic carbocycles. The van der Waals surface area contributed by atoms with E-state index in [9.17, 15) is 14.4 Å². The molecule has 0 radical (unpaired) electrons. The summed E-state index contributed by atoms with van der Waals surface area (Å²) in [6.07, 6.45) is -0.0688. The number of hydrogen-bond donors (Lipinski definition) is 1. The van der Waals surface area contributed by atoms with Gasteiger partial charge in [0.2, 0.25) is 12.1 Å². The zero-order chi connectivity index (χ0) is 27.1. The van der Waals surface area contributed by atoms with E-state index in [-0.39, 0.29) is 18.2 Å². The number of rotatable bonds is 6. The van der Waals surface area contributed by atoms with Gasteiger partial charge >= 0.3 is 5.97 Å². The molecule has 0 spiro atoms. The molecule has 1 N–H and O–H groups in total. The standard InChI is InChI=1S/C28H22BrN3O6S/c1-36-23-11-16(7-9-22(23)37-25(33)14-24-26(34)30-28(35)39-24)27-32-20(18-12-17(29)8-10-21(18)38-27)13-19(31-32)15-5-3-2-4-6-15/h2-12,20,24,27H,13-14H2,1H3,(H,30,34,35). The van der Waals surface area contributed by atoms with Gasteiger partial charge in [0.15, 0.2) is 11.5 Å². The first kappa shape index (κ1) is 25.4. The number of carbonyl (C=O) groups excluding carboxylic acids is 3. The van der Waals surface area contributed by atoms with E-state index in [4.69, 9.17) is 19.3 Å². The fourth-order valence-electron chi connectivity index (χ4n) is 4.85. The zero-order valence-corrected chi connectivity index (χ0v) is 23.0. The van der Waals surface area contributed by atoms with E-state index in [1.807, 2.05) is 47.5 Å². The minimum absolute atomic E-state index is 0.0345. The first-order valence-corrected chi connectivity index (χ1v) is 13.8. The Balaban J connectivity index is 1.29. The molecule has 198 valence electrons. The average Bonchev–Trinajstić information content (AvgIpc) is 3.52. The second-order valence-corrected chi connectivity index (χ2v) is 11.2. The summed E-state index contributed by atoms with van der Waals surface area (Å²) in [6.45, 7) is 0. The Bertz CT molecular complexity index is 1510. The third-order valence-electron chi connectivity index (χ3n) is 6.67. The molecule has 11 heteroatoms. The third-order valence-corrected chi connectivity index (χ3v) is 8.15. The molecule has 0 saturated carbocycles. The Hall–Kier alpha value is -3.83. The van der Waals surface area contributed by atoms with Crippen molar-refractivity contribution in [2.75, 3.05) is 7.11 Å². The lowest BCUT2D eigenvalue weighted by molar-refractivity contribution is -0.136. The number of carbonyl (C=O) groups is 3. The van der Waals surface area contributed by atoms with Gasteiger partial charge < -0.3 is 14.2 Å². The minimum Gasteiger partial charge on any atom is -0.493 e. The van der Waals surface area contributed by atoms with Crippen molar-refractivity contribution in [3.8, 4) is 17.2 Å². The highest BCUT2D eigenvalue weighted by Crippen LogP contribution is 2.49. The average molecular weight is 608 g/mol. The maximum atomic E-state index is 12.5. The molecule has 1 saturated heterocycles. The quantitative estimate of drug-likeness (QED) is 0.295. The predicted octanol–water partition coefficient (Wildman–Crippen LogP) is 5.35. The highest BCUT2D eigenvalue weighted by Gasteiger charge is 2.41. The van der Waals surface area contributed by atoms with Crippen molar-refractivity contribution in [3.63, 3.8) is 0 Å². The largest absolute Gasteiger partial charge is 0.493 e.